The van der Waals surface area contributed by atoms with Crippen LogP contribution in [-0.2, 0) is 13.0 Å². The maximum atomic E-state index is 12.2. The first-order chi connectivity index (χ1) is 8.72. The summed E-state index contributed by atoms with van der Waals surface area (Å²) in [5.41, 5.74) is 1.50. The zero-order valence-corrected chi connectivity index (χ0v) is 11.0. The van der Waals surface area contributed by atoms with Crippen molar-refractivity contribution < 1.29 is 4.79 Å². The predicted octanol–water partition coefficient (Wildman–Crippen LogP) is 3.37. The molecule has 0 aliphatic heterocycles. The normalized spacial score (nSPS) is 10.6. The Kier molecular flexibility index (Phi) is 4.15. The lowest BCUT2D eigenvalue weighted by Gasteiger charge is -2.06. The summed E-state index contributed by atoms with van der Waals surface area (Å²) in [6, 6.07) is 9.18. The first-order valence-electron chi connectivity index (χ1n) is 6.00. The van der Waals surface area contributed by atoms with E-state index in [0.29, 0.717) is 17.1 Å². The number of rotatable bonds is 5. The third kappa shape index (κ3) is 2.79. The summed E-state index contributed by atoms with van der Waals surface area (Å²) in [6.45, 7) is 2.82. The number of benzene rings is 1. The molecular weight excluding hydrogens is 248 g/mol. The van der Waals surface area contributed by atoms with Crippen LogP contribution in [0.4, 0.5) is 0 Å². The molecule has 0 radical (unpaired) electrons. The molecule has 0 aliphatic carbocycles. The first kappa shape index (κ1) is 12.8. The molecule has 0 saturated carbocycles. The average molecular weight is 263 g/mol. The fourth-order valence-corrected chi connectivity index (χ4v) is 2.07. The lowest BCUT2D eigenvalue weighted by atomic mass is 10.1. The van der Waals surface area contributed by atoms with Gasteiger partial charge in [0.2, 0.25) is 0 Å². The number of ketones is 1. The van der Waals surface area contributed by atoms with Crippen molar-refractivity contribution in [1.29, 1.82) is 0 Å². The van der Waals surface area contributed by atoms with Crippen molar-refractivity contribution in [3.63, 3.8) is 0 Å². The highest BCUT2D eigenvalue weighted by atomic mass is 35.5. The monoisotopic (exact) mass is 262 g/mol. The molecule has 18 heavy (non-hydrogen) atoms. The Morgan fingerprint density at radius 3 is 2.83 bits per heavy atom. The molecule has 0 amide bonds. The van der Waals surface area contributed by atoms with Crippen molar-refractivity contribution in [2.24, 2.45) is 0 Å². The molecular formula is C14H15ClN2O. The van der Waals surface area contributed by atoms with Crippen LogP contribution in [0.2, 0.25) is 5.02 Å². The largest absolute Gasteiger partial charge is 0.292 e. The van der Waals surface area contributed by atoms with Gasteiger partial charge in [0.25, 0.3) is 0 Å². The maximum absolute atomic E-state index is 12.2. The van der Waals surface area contributed by atoms with Crippen LogP contribution in [0.3, 0.4) is 0 Å². The van der Waals surface area contributed by atoms with E-state index in [1.807, 2.05) is 18.2 Å². The van der Waals surface area contributed by atoms with E-state index in [1.165, 1.54) is 0 Å². The predicted molar refractivity (Wildman–Crippen MR) is 72.0 cm³/mol. The number of aryl methyl sites for hydroxylation is 1. The summed E-state index contributed by atoms with van der Waals surface area (Å²) >= 11 is 6.06. The van der Waals surface area contributed by atoms with Gasteiger partial charge in [0, 0.05) is 24.2 Å². The van der Waals surface area contributed by atoms with E-state index in [4.69, 9.17) is 11.6 Å². The second-order valence-electron chi connectivity index (χ2n) is 4.13. The quantitative estimate of drug-likeness (QED) is 0.775. The molecule has 2 aromatic rings. The van der Waals surface area contributed by atoms with Crippen LogP contribution in [-0.4, -0.2) is 15.6 Å². The number of Topliss-reactive ketones (excluding diaryl/α,β-unsaturated/α-hetero) is 1. The fourth-order valence-electron chi connectivity index (χ4n) is 1.86. The van der Waals surface area contributed by atoms with Gasteiger partial charge in [-0.2, -0.15) is 5.10 Å². The molecule has 2 rings (SSSR count). The van der Waals surface area contributed by atoms with Crippen molar-refractivity contribution in [2.45, 2.75) is 26.3 Å². The van der Waals surface area contributed by atoms with Gasteiger partial charge in [-0.1, -0.05) is 36.7 Å². The summed E-state index contributed by atoms with van der Waals surface area (Å²) in [5.74, 6) is 0.0500. The molecule has 0 fully saturated rings. The van der Waals surface area contributed by atoms with Gasteiger partial charge in [0.1, 0.15) is 5.69 Å². The summed E-state index contributed by atoms with van der Waals surface area (Å²) < 4.78 is 1.75. The molecule has 1 heterocycles. The maximum Gasteiger partial charge on any atom is 0.185 e. The summed E-state index contributed by atoms with van der Waals surface area (Å²) in [6.07, 6.45) is 2.93. The molecule has 0 spiro atoms. The number of nitrogens with zero attached hydrogens (tertiary/aromatic N) is 2. The Balaban J connectivity index is 2.17. The van der Waals surface area contributed by atoms with Crippen molar-refractivity contribution >= 4 is 17.4 Å². The van der Waals surface area contributed by atoms with Crippen LogP contribution in [0.5, 0.6) is 0 Å². The van der Waals surface area contributed by atoms with Gasteiger partial charge in [-0.3, -0.25) is 9.48 Å². The van der Waals surface area contributed by atoms with Gasteiger partial charge >= 0.3 is 0 Å². The molecule has 0 saturated heterocycles. The van der Waals surface area contributed by atoms with Gasteiger partial charge < -0.3 is 0 Å². The van der Waals surface area contributed by atoms with Crippen molar-refractivity contribution in [3.05, 3.63) is 52.8 Å². The highest BCUT2D eigenvalue weighted by Gasteiger charge is 2.13. The molecule has 94 valence electrons. The molecule has 0 bridgehead atoms. The molecule has 0 unspecified atom stereocenters. The minimum Gasteiger partial charge on any atom is -0.292 e. The van der Waals surface area contributed by atoms with Crippen molar-refractivity contribution in [2.75, 3.05) is 0 Å². The third-order valence-corrected chi connectivity index (χ3v) is 3.12. The Hall–Kier alpha value is -1.61. The van der Waals surface area contributed by atoms with Gasteiger partial charge in [0.05, 0.1) is 0 Å². The summed E-state index contributed by atoms with van der Waals surface area (Å²) in [5, 5.41) is 4.79. The summed E-state index contributed by atoms with van der Waals surface area (Å²) in [4.78, 5) is 12.2. The number of hydrogen-bond donors (Lipinski definition) is 0. The highest BCUT2D eigenvalue weighted by Crippen LogP contribution is 2.17. The number of aromatic nitrogens is 2. The van der Waals surface area contributed by atoms with Crippen LogP contribution in [0.15, 0.2) is 36.5 Å². The average Bonchev–Trinajstić information content (AvgIpc) is 2.81. The second kappa shape index (κ2) is 5.83. The lowest BCUT2D eigenvalue weighted by molar-refractivity contribution is 0.0982. The minimum atomic E-state index is 0.0500. The van der Waals surface area contributed by atoms with E-state index in [2.05, 4.69) is 12.0 Å². The molecule has 3 nitrogen and oxygen atoms in total. The van der Waals surface area contributed by atoms with E-state index in [1.54, 1.807) is 23.0 Å². The van der Waals surface area contributed by atoms with Crippen LogP contribution >= 0.6 is 11.6 Å². The molecule has 0 aliphatic rings. The standard InChI is InChI=1S/C14H15ClN2O/c1-2-9-17-13(7-8-16-17)14(18)10-11-5-3-4-6-12(11)15/h3-8H,2,9-10H2,1H3. The summed E-state index contributed by atoms with van der Waals surface area (Å²) in [7, 11) is 0. The van der Waals surface area contributed by atoms with Gasteiger partial charge in [0.15, 0.2) is 5.78 Å². The van der Waals surface area contributed by atoms with E-state index < -0.39 is 0 Å². The number of carbonyl (C=O) groups is 1. The van der Waals surface area contributed by atoms with Crippen LogP contribution < -0.4 is 0 Å². The van der Waals surface area contributed by atoms with Gasteiger partial charge in [-0.25, -0.2) is 0 Å². The highest BCUT2D eigenvalue weighted by molar-refractivity contribution is 6.31. The van der Waals surface area contributed by atoms with Gasteiger partial charge in [-0.05, 0) is 24.1 Å². The van der Waals surface area contributed by atoms with Crippen LogP contribution in [0, 0.1) is 0 Å². The zero-order chi connectivity index (χ0) is 13.0. The Morgan fingerprint density at radius 1 is 1.33 bits per heavy atom. The molecule has 0 atom stereocenters. The van der Waals surface area contributed by atoms with Crippen LogP contribution in [0.25, 0.3) is 0 Å². The van der Waals surface area contributed by atoms with E-state index in [-0.39, 0.29) is 5.78 Å². The Bertz CT molecular complexity index is 548. The van der Waals surface area contributed by atoms with Crippen LogP contribution in [0.1, 0.15) is 29.4 Å². The topological polar surface area (TPSA) is 34.9 Å². The molecule has 0 N–H and O–H groups in total. The molecule has 1 aromatic heterocycles. The minimum absolute atomic E-state index is 0.0500. The van der Waals surface area contributed by atoms with Gasteiger partial charge in [-0.15, -0.1) is 0 Å². The smallest absolute Gasteiger partial charge is 0.185 e. The zero-order valence-electron chi connectivity index (χ0n) is 10.3. The number of carbonyl (C=O) groups excluding carboxylic acids is 1. The second-order valence-corrected chi connectivity index (χ2v) is 4.54. The molecule has 4 heteroatoms. The SMILES string of the molecule is CCCn1nccc1C(=O)Cc1ccccc1Cl. The van der Waals surface area contributed by atoms with E-state index >= 15 is 0 Å². The number of halogens is 1. The Morgan fingerprint density at radius 2 is 2.11 bits per heavy atom. The first-order valence-corrected chi connectivity index (χ1v) is 6.38. The third-order valence-electron chi connectivity index (χ3n) is 2.75. The van der Waals surface area contributed by atoms with Crippen molar-refractivity contribution in [1.82, 2.24) is 9.78 Å². The van der Waals surface area contributed by atoms with E-state index in [0.717, 1.165) is 18.5 Å². The van der Waals surface area contributed by atoms with Crippen molar-refractivity contribution in [3.8, 4) is 0 Å². The molecule has 1 aromatic carbocycles. The fraction of sp³-hybridized carbons (Fsp3) is 0.286. The number of hydrogen-bond acceptors (Lipinski definition) is 2. The lowest BCUT2D eigenvalue weighted by Crippen LogP contribution is -2.12. The Labute approximate surface area is 111 Å². The van der Waals surface area contributed by atoms with E-state index in [9.17, 15) is 4.79 Å².